The van der Waals surface area contributed by atoms with Crippen molar-refractivity contribution in [1.29, 1.82) is 0 Å². The summed E-state index contributed by atoms with van der Waals surface area (Å²) in [5.74, 6) is 5.18. The van der Waals surface area contributed by atoms with Gasteiger partial charge in [0.15, 0.2) is 9.84 Å². The van der Waals surface area contributed by atoms with E-state index in [1.54, 1.807) is 19.1 Å². The third-order valence-corrected chi connectivity index (χ3v) is 5.40. The van der Waals surface area contributed by atoms with Crippen LogP contribution in [0.3, 0.4) is 0 Å². The minimum Gasteiger partial charge on any atom is -0.346 e. The Morgan fingerprint density at radius 3 is 2.65 bits per heavy atom. The second-order valence-electron chi connectivity index (χ2n) is 5.55. The van der Waals surface area contributed by atoms with Crippen LogP contribution in [0, 0.1) is 6.92 Å². The molecule has 0 saturated carbocycles. The lowest BCUT2D eigenvalue weighted by Crippen LogP contribution is -2.47. The van der Waals surface area contributed by atoms with Gasteiger partial charge in [-0.05, 0) is 38.0 Å². The molecule has 0 aliphatic carbocycles. The summed E-state index contributed by atoms with van der Waals surface area (Å²) in [6.07, 6.45) is 0.429. The lowest BCUT2D eigenvalue weighted by atomic mass is 10.0. The van der Waals surface area contributed by atoms with Gasteiger partial charge in [-0.15, -0.1) is 0 Å². The van der Waals surface area contributed by atoms with Gasteiger partial charge in [-0.3, -0.25) is 10.6 Å². The Labute approximate surface area is 118 Å². The summed E-state index contributed by atoms with van der Waals surface area (Å²) in [7, 11) is -3.06. The highest BCUT2D eigenvalue weighted by Crippen LogP contribution is 2.24. The number of aryl methyl sites for hydroxylation is 1. The highest BCUT2D eigenvalue weighted by atomic mass is 32.2. The van der Waals surface area contributed by atoms with Crippen molar-refractivity contribution in [3.05, 3.63) is 29.3 Å². The van der Waals surface area contributed by atoms with Gasteiger partial charge >= 0.3 is 0 Å². The minimum atomic E-state index is -3.06. The van der Waals surface area contributed by atoms with Crippen molar-refractivity contribution < 1.29 is 13.2 Å². The summed E-state index contributed by atoms with van der Waals surface area (Å²) in [5.41, 5.74) is 3.68. The molecule has 1 aliphatic rings. The highest BCUT2D eigenvalue weighted by Gasteiger charge is 2.39. The molecule has 1 unspecified atom stereocenters. The molecule has 0 aromatic heterocycles. The average molecular weight is 297 g/mol. The number of nitrogens with two attached hydrogens (primary N) is 1. The summed E-state index contributed by atoms with van der Waals surface area (Å²) in [4.78, 5) is 12.3. The van der Waals surface area contributed by atoms with E-state index >= 15 is 0 Å². The van der Waals surface area contributed by atoms with E-state index in [1.807, 2.05) is 13.0 Å². The summed E-state index contributed by atoms with van der Waals surface area (Å²) >= 11 is 0. The molecular formula is C13H19N3O3S. The zero-order valence-electron chi connectivity index (χ0n) is 11.6. The monoisotopic (exact) mass is 297 g/mol. The van der Waals surface area contributed by atoms with Crippen molar-refractivity contribution in [3.8, 4) is 0 Å². The molecule has 1 fully saturated rings. The molecule has 0 bridgehead atoms. The normalized spacial score (nSPS) is 24.4. The highest BCUT2D eigenvalue weighted by molar-refractivity contribution is 7.91. The first-order valence-electron chi connectivity index (χ1n) is 6.35. The molecule has 2 rings (SSSR count). The van der Waals surface area contributed by atoms with Crippen LogP contribution < -0.4 is 16.6 Å². The number of rotatable bonds is 3. The predicted octanol–water partition coefficient (Wildman–Crippen LogP) is 0.588. The standard InChI is InChI=1S/C13H19N3O3S/c1-9-3-4-10(11(7-9)16-14)12(17)15-13(2)5-6-20(18,19)8-13/h3-4,7,16H,5-6,8,14H2,1-2H3,(H,15,17). The first-order valence-corrected chi connectivity index (χ1v) is 8.17. The molecule has 0 radical (unpaired) electrons. The quantitative estimate of drug-likeness (QED) is 0.560. The maximum absolute atomic E-state index is 12.3. The van der Waals surface area contributed by atoms with Crippen molar-refractivity contribution >= 4 is 21.4 Å². The van der Waals surface area contributed by atoms with E-state index in [1.165, 1.54) is 0 Å². The third-order valence-electron chi connectivity index (χ3n) is 3.49. The van der Waals surface area contributed by atoms with E-state index in [2.05, 4.69) is 10.7 Å². The smallest absolute Gasteiger partial charge is 0.253 e. The number of hydrogen-bond donors (Lipinski definition) is 3. The maximum Gasteiger partial charge on any atom is 0.253 e. The number of carbonyl (C=O) groups is 1. The number of benzene rings is 1. The van der Waals surface area contributed by atoms with Crippen LogP contribution in [0.5, 0.6) is 0 Å². The third kappa shape index (κ3) is 3.10. The van der Waals surface area contributed by atoms with E-state index in [0.717, 1.165) is 5.56 Å². The van der Waals surface area contributed by atoms with Crippen LogP contribution in [0.4, 0.5) is 5.69 Å². The average Bonchev–Trinajstić information content (AvgIpc) is 2.62. The molecule has 1 amide bonds. The first-order chi connectivity index (χ1) is 9.25. The summed E-state index contributed by atoms with van der Waals surface area (Å²) in [5, 5.41) is 2.81. The fourth-order valence-electron chi connectivity index (χ4n) is 2.43. The lowest BCUT2D eigenvalue weighted by molar-refractivity contribution is 0.0916. The van der Waals surface area contributed by atoms with Crippen LogP contribution in [0.15, 0.2) is 18.2 Å². The van der Waals surface area contributed by atoms with E-state index in [-0.39, 0.29) is 17.4 Å². The number of nitrogen functional groups attached to an aromatic ring is 1. The van der Waals surface area contributed by atoms with Gasteiger partial charge in [-0.1, -0.05) is 6.07 Å². The SMILES string of the molecule is Cc1ccc(C(=O)NC2(C)CCS(=O)(=O)C2)c(NN)c1. The second-order valence-corrected chi connectivity index (χ2v) is 7.73. The zero-order valence-corrected chi connectivity index (χ0v) is 12.4. The number of hydrogen-bond acceptors (Lipinski definition) is 5. The minimum absolute atomic E-state index is 0.0248. The van der Waals surface area contributed by atoms with Gasteiger partial charge in [0.05, 0.1) is 28.3 Å². The second kappa shape index (κ2) is 5.06. The van der Waals surface area contributed by atoms with Crippen LogP contribution in [-0.2, 0) is 9.84 Å². The van der Waals surface area contributed by atoms with Crippen molar-refractivity contribution in [1.82, 2.24) is 5.32 Å². The number of sulfone groups is 1. The molecule has 20 heavy (non-hydrogen) atoms. The Morgan fingerprint density at radius 2 is 2.10 bits per heavy atom. The number of anilines is 1. The fourth-order valence-corrected chi connectivity index (χ4v) is 4.52. The van der Waals surface area contributed by atoms with Crippen LogP contribution in [0.25, 0.3) is 0 Å². The van der Waals surface area contributed by atoms with Gasteiger partial charge in [-0.2, -0.15) is 0 Å². The van der Waals surface area contributed by atoms with E-state index in [4.69, 9.17) is 5.84 Å². The van der Waals surface area contributed by atoms with E-state index in [0.29, 0.717) is 17.7 Å². The van der Waals surface area contributed by atoms with Gasteiger partial charge < -0.3 is 10.7 Å². The predicted molar refractivity (Wildman–Crippen MR) is 78.1 cm³/mol. The molecular weight excluding hydrogens is 278 g/mol. The van der Waals surface area contributed by atoms with Gasteiger partial charge in [-0.25, -0.2) is 8.42 Å². The number of amides is 1. The summed E-state index contributed by atoms with van der Waals surface area (Å²) < 4.78 is 23.1. The molecule has 6 nitrogen and oxygen atoms in total. The Morgan fingerprint density at radius 1 is 1.40 bits per heavy atom. The molecule has 0 spiro atoms. The Hall–Kier alpha value is -1.60. The maximum atomic E-state index is 12.3. The largest absolute Gasteiger partial charge is 0.346 e. The molecule has 1 heterocycles. The molecule has 1 saturated heterocycles. The fraction of sp³-hybridized carbons (Fsp3) is 0.462. The molecule has 1 aliphatic heterocycles. The van der Waals surface area contributed by atoms with E-state index < -0.39 is 15.4 Å². The van der Waals surface area contributed by atoms with Gasteiger partial charge in [0.2, 0.25) is 0 Å². The van der Waals surface area contributed by atoms with Crippen molar-refractivity contribution in [2.24, 2.45) is 5.84 Å². The Bertz CT molecular complexity index is 642. The molecule has 1 aromatic carbocycles. The van der Waals surface area contributed by atoms with Crippen LogP contribution in [0.2, 0.25) is 0 Å². The van der Waals surface area contributed by atoms with Gasteiger partial charge in [0.1, 0.15) is 0 Å². The first kappa shape index (κ1) is 14.8. The Kier molecular flexibility index (Phi) is 3.75. The van der Waals surface area contributed by atoms with Crippen LogP contribution in [-0.4, -0.2) is 31.4 Å². The van der Waals surface area contributed by atoms with Crippen LogP contribution >= 0.6 is 0 Å². The molecule has 1 aromatic rings. The molecule has 1 atom stereocenters. The van der Waals surface area contributed by atoms with Crippen molar-refractivity contribution in [2.75, 3.05) is 16.9 Å². The molecule has 7 heteroatoms. The molecule has 4 N–H and O–H groups in total. The topological polar surface area (TPSA) is 101 Å². The number of nitrogens with one attached hydrogen (secondary N) is 2. The van der Waals surface area contributed by atoms with Crippen LogP contribution in [0.1, 0.15) is 29.3 Å². The molecule has 110 valence electrons. The van der Waals surface area contributed by atoms with E-state index in [9.17, 15) is 13.2 Å². The number of carbonyl (C=O) groups excluding carboxylic acids is 1. The zero-order chi connectivity index (χ0) is 15.0. The van der Waals surface area contributed by atoms with Gasteiger partial charge in [0.25, 0.3) is 5.91 Å². The lowest BCUT2D eigenvalue weighted by Gasteiger charge is -2.24. The van der Waals surface area contributed by atoms with Crippen molar-refractivity contribution in [2.45, 2.75) is 25.8 Å². The Balaban J connectivity index is 2.21. The van der Waals surface area contributed by atoms with Crippen molar-refractivity contribution in [3.63, 3.8) is 0 Å². The number of hydrazine groups is 1. The summed E-state index contributed by atoms with van der Waals surface area (Å²) in [6.45, 7) is 3.65. The van der Waals surface area contributed by atoms with Gasteiger partial charge in [0, 0.05) is 0 Å². The summed E-state index contributed by atoms with van der Waals surface area (Å²) in [6, 6.07) is 5.25.